The van der Waals surface area contributed by atoms with Crippen molar-refractivity contribution in [2.24, 2.45) is 0 Å². The molecule has 0 bridgehead atoms. The number of carboxylic acid groups (broad SMARTS) is 1. The fourth-order valence-corrected chi connectivity index (χ4v) is 10.00. The Balaban J connectivity index is 4.10. The van der Waals surface area contributed by atoms with E-state index in [1.165, 1.54) is 225 Å². The lowest BCUT2D eigenvalue weighted by atomic mass is 10.0. The number of rotatable bonds is 64. The number of carboxylic acids is 1. The van der Waals surface area contributed by atoms with Gasteiger partial charge >= 0.3 is 11.9 Å². The molecular weight excluding hydrogens is 1010 g/mol. The average molecular weight is 1140 g/mol. The van der Waals surface area contributed by atoms with Gasteiger partial charge in [0, 0.05) is 12.8 Å². The Labute approximate surface area is 501 Å². The lowest BCUT2D eigenvalue weighted by molar-refractivity contribution is -0.870. The maximum absolute atomic E-state index is 12.9. The van der Waals surface area contributed by atoms with Crippen molar-refractivity contribution in [1.29, 1.82) is 0 Å². The molecule has 0 saturated heterocycles. The fourth-order valence-electron chi connectivity index (χ4n) is 10.00. The van der Waals surface area contributed by atoms with E-state index < -0.39 is 24.3 Å². The van der Waals surface area contributed by atoms with Crippen LogP contribution in [0.4, 0.5) is 0 Å². The third-order valence-electron chi connectivity index (χ3n) is 15.2. The number of quaternary nitrogens is 1. The molecule has 0 radical (unpaired) electrons. The zero-order valence-electron chi connectivity index (χ0n) is 53.9. The predicted molar refractivity (Wildman–Crippen MR) is 343 cm³/mol. The van der Waals surface area contributed by atoms with Crippen LogP contribution in [0.3, 0.4) is 0 Å². The van der Waals surface area contributed by atoms with Crippen LogP contribution in [0.1, 0.15) is 322 Å². The normalized spacial score (nSPS) is 13.0. The molecule has 0 aromatic heterocycles. The molecular formula is C72H131NO8. The molecule has 0 aromatic rings. The molecule has 0 amide bonds. The maximum Gasteiger partial charge on any atom is 0.306 e. The highest BCUT2D eigenvalue weighted by Crippen LogP contribution is 2.18. The second kappa shape index (κ2) is 63.0. The molecule has 9 nitrogen and oxygen atoms in total. The minimum absolute atomic E-state index is 0.148. The van der Waals surface area contributed by atoms with Crippen LogP contribution in [-0.4, -0.2) is 82.3 Å². The Kier molecular flexibility index (Phi) is 60.7. The zero-order valence-corrected chi connectivity index (χ0v) is 53.9. The van der Waals surface area contributed by atoms with Gasteiger partial charge in [0.1, 0.15) is 13.2 Å². The van der Waals surface area contributed by atoms with Gasteiger partial charge in [0.05, 0.1) is 40.3 Å². The summed E-state index contributed by atoms with van der Waals surface area (Å²) in [5, 5.41) is 11.8. The van der Waals surface area contributed by atoms with Gasteiger partial charge in [-0.25, -0.2) is 0 Å². The number of carbonyl (C=O) groups excluding carboxylic acids is 3. The molecule has 0 aliphatic rings. The third kappa shape index (κ3) is 64.4. The van der Waals surface area contributed by atoms with Crippen LogP contribution in [0.2, 0.25) is 0 Å². The van der Waals surface area contributed by atoms with Crippen molar-refractivity contribution in [3.63, 3.8) is 0 Å². The molecule has 0 aliphatic carbocycles. The Bertz CT molecular complexity index is 1510. The van der Waals surface area contributed by atoms with E-state index in [0.717, 1.165) is 64.2 Å². The van der Waals surface area contributed by atoms with E-state index in [9.17, 15) is 19.5 Å². The van der Waals surface area contributed by atoms with Gasteiger partial charge in [-0.05, 0) is 77.0 Å². The number of esters is 2. The summed E-state index contributed by atoms with van der Waals surface area (Å²) in [5.74, 6) is -2.27. The number of aliphatic carboxylic acids is 1. The number of carbonyl (C=O) groups is 3. The second-order valence-electron chi connectivity index (χ2n) is 24.4. The Hall–Kier alpha value is -3.01. The van der Waals surface area contributed by atoms with Crippen LogP contribution in [0.25, 0.3) is 0 Å². The minimum atomic E-state index is -1.62. The van der Waals surface area contributed by atoms with Crippen LogP contribution < -0.4 is 5.11 Å². The highest BCUT2D eigenvalue weighted by Gasteiger charge is 2.22. The highest BCUT2D eigenvalue weighted by atomic mass is 16.7. The molecule has 0 aliphatic heterocycles. The first-order chi connectivity index (χ1) is 39.6. The van der Waals surface area contributed by atoms with E-state index in [-0.39, 0.29) is 32.2 Å². The van der Waals surface area contributed by atoms with E-state index in [4.69, 9.17) is 18.9 Å². The molecule has 0 N–H and O–H groups in total. The monoisotopic (exact) mass is 1140 g/mol. The largest absolute Gasteiger partial charge is 0.545 e. The number of ether oxygens (including phenoxy) is 4. The van der Waals surface area contributed by atoms with Crippen LogP contribution in [0, 0.1) is 0 Å². The molecule has 0 aromatic carbocycles. The lowest BCUT2D eigenvalue weighted by Crippen LogP contribution is -2.44. The first-order valence-corrected chi connectivity index (χ1v) is 34.4. The van der Waals surface area contributed by atoms with Gasteiger partial charge in [0.15, 0.2) is 12.4 Å². The van der Waals surface area contributed by atoms with Crippen LogP contribution in [0.15, 0.2) is 60.8 Å². The molecule has 2 unspecified atom stereocenters. The Morgan fingerprint density at radius 3 is 1.06 bits per heavy atom. The van der Waals surface area contributed by atoms with Gasteiger partial charge in [0.25, 0.3) is 0 Å². The van der Waals surface area contributed by atoms with Crippen LogP contribution in [0.5, 0.6) is 0 Å². The number of allylic oxidation sites excluding steroid dienone is 10. The summed E-state index contributed by atoms with van der Waals surface area (Å²) in [6, 6.07) is 0. The summed E-state index contributed by atoms with van der Waals surface area (Å²) >= 11 is 0. The smallest absolute Gasteiger partial charge is 0.306 e. The zero-order chi connectivity index (χ0) is 59.1. The summed E-state index contributed by atoms with van der Waals surface area (Å²) in [7, 11) is 5.94. The van der Waals surface area contributed by atoms with Gasteiger partial charge < -0.3 is 33.3 Å². The van der Waals surface area contributed by atoms with E-state index in [1.54, 1.807) is 0 Å². The topological polar surface area (TPSA) is 111 Å². The molecule has 0 heterocycles. The summed E-state index contributed by atoms with van der Waals surface area (Å²) < 4.78 is 22.8. The minimum Gasteiger partial charge on any atom is -0.545 e. The quantitative estimate of drug-likeness (QED) is 0.0195. The van der Waals surface area contributed by atoms with E-state index >= 15 is 0 Å². The average Bonchev–Trinajstić information content (AvgIpc) is 3.44. The van der Waals surface area contributed by atoms with Crippen molar-refractivity contribution in [2.45, 2.75) is 334 Å². The highest BCUT2D eigenvalue weighted by molar-refractivity contribution is 5.70. The van der Waals surface area contributed by atoms with Gasteiger partial charge in [-0.3, -0.25) is 9.59 Å². The van der Waals surface area contributed by atoms with E-state index in [2.05, 4.69) is 74.6 Å². The van der Waals surface area contributed by atoms with Gasteiger partial charge in [0.2, 0.25) is 0 Å². The second-order valence-corrected chi connectivity index (χ2v) is 24.4. The standard InChI is InChI=1S/C72H131NO8/c1-6-8-10-12-14-16-18-20-22-24-26-28-30-32-34-35-37-38-40-42-44-46-48-50-52-54-56-58-60-62-69(74)79-66-68(67-80-72(71(76)77)78-65-64-73(3,4)5)81-70(75)63-61-59-57-55-53-51-49-47-45-43-41-39-36-33-31-29-27-25-23-21-19-17-15-13-11-9-7-2/h9,11,15,17,21,23-24,26-27,29,68,72H,6-8,10,12-14,16,18-20,22,25,28,30-67H2,1-5H3/b11-9-,17-15-,23-21-,26-24-,29-27-. The summed E-state index contributed by atoms with van der Waals surface area (Å²) in [6.07, 6.45) is 78.7. The third-order valence-corrected chi connectivity index (χ3v) is 15.2. The SMILES string of the molecule is CC/C=C\C/C=C\C/C=C\C/C=C\CCCCCCCCCCCCCCCCC(=O)OC(COC(=O)CCCCCCCCCCCCCCCCCCC/C=C\CCCCCCCCCC)COC(OCC[N+](C)(C)C)C(=O)[O-]. The van der Waals surface area contributed by atoms with Crippen molar-refractivity contribution in [3.05, 3.63) is 60.8 Å². The molecule has 2 atom stereocenters. The van der Waals surface area contributed by atoms with E-state index in [1.807, 2.05) is 21.1 Å². The summed E-state index contributed by atoms with van der Waals surface area (Å²) in [6.45, 7) is 4.68. The number of unbranched alkanes of at least 4 members (excludes halogenated alkanes) is 39. The first-order valence-electron chi connectivity index (χ1n) is 34.4. The number of nitrogens with zero attached hydrogens (tertiary/aromatic N) is 1. The van der Waals surface area contributed by atoms with Crippen LogP contribution in [-0.2, 0) is 33.3 Å². The molecule has 0 rings (SSSR count). The summed E-state index contributed by atoms with van der Waals surface area (Å²) in [5.41, 5.74) is 0. The van der Waals surface area contributed by atoms with Crippen LogP contribution >= 0.6 is 0 Å². The fraction of sp³-hybridized carbons (Fsp3) is 0.819. The predicted octanol–water partition coefficient (Wildman–Crippen LogP) is 19.8. The van der Waals surface area contributed by atoms with Gasteiger partial charge in [-0.1, -0.05) is 293 Å². The van der Waals surface area contributed by atoms with Crippen molar-refractivity contribution < 1.29 is 42.9 Å². The van der Waals surface area contributed by atoms with Gasteiger partial charge in [-0.15, -0.1) is 0 Å². The van der Waals surface area contributed by atoms with Crippen molar-refractivity contribution >= 4 is 17.9 Å². The molecule has 9 heteroatoms. The number of hydrogen-bond acceptors (Lipinski definition) is 8. The molecule has 81 heavy (non-hydrogen) atoms. The Morgan fingerprint density at radius 1 is 0.383 bits per heavy atom. The van der Waals surface area contributed by atoms with Crippen molar-refractivity contribution in [1.82, 2.24) is 0 Å². The molecule has 0 spiro atoms. The molecule has 0 saturated carbocycles. The lowest BCUT2D eigenvalue weighted by Gasteiger charge is -2.26. The number of likely N-dealkylation sites (N-methyl/N-ethyl adjacent to an activating group) is 1. The van der Waals surface area contributed by atoms with E-state index in [0.29, 0.717) is 23.9 Å². The van der Waals surface area contributed by atoms with Crippen molar-refractivity contribution in [2.75, 3.05) is 47.5 Å². The van der Waals surface area contributed by atoms with Crippen molar-refractivity contribution in [3.8, 4) is 0 Å². The first kappa shape index (κ1) is 78.0. The van der Waals surface area contributed by atoms with Gasteiger partial charge in [-0.2, -0.15) is 0 Å². The maximum atomic E-state index is 12.9. The molecule has 472 valence electrons. The summed E-state index contributed by atoms with van der Waals surface area (Å²) in [4.78, 5) is 37.5. The molecule has 0 fully saturated rings. The number of hydrogen-bond donors (Lipinski definition) is 0. The Morgan fingerprint density at radius 2 is 0.704 bits per heavy atom.